The Morgan fingerprint density at radius 1 is 1.26 bits per heavy atom. The number of aryl methyl sites for hydroxylation is 1. The molecule has 2 aromatic heterocycles. The summed E-state index contributed by atoms with van der Waals surface area (Å²) in [6.45, 7) is 2.99. The highest BCUT2D eigenvalue weighted by Gasteiger charge is 2.07. The van der Waals surface area contributed by atoms with Crippen LogP contribution in [0.4, 0.5) is 0 Å². The van der Waals surface area contributed by atoms with Crippen molar-refractivity contribution in [2.24, 2.45) is 0 Å². The molecule has 0 spiro atoms. The van der Waals surface area contributed by atoms with Gasteiger partial charge in [-0.1, -0.05) is 18.5 Å². The Bertz CT molecular complexity index is 782. The number of thiophene rings is 1. The zero-order chi connectivity index (χ0) is 13.4. The van der Waals surface area contributed by atoms with Gasteiger partial charge in [0.2, 0.25) is 0 Å². The van der Waals surface area contributed by atoms with Crippen molar-refractivity contribution < 1.29 is 0 Å². The van der Waals surface area contributed by atoms with E-state index in [-0.39, 0.29) is 0 Å². The summed E-state index contributed by atoms with van der Waals surface area (Å²) in [4.78, 5) is 5.94. The molecule has 1 N–H and O–H groups in total. The van der Waals surface area contributed by atoms with Gasteiger partial charge in [-0.15, -0.1) is 11.3 Å². The highest BCUT2D eigenvalue weighted by Crippen LogP contribution is 2.23. The van der Waals surface area contributed by atoms with Crippen LogP contribution in [0.5, 0.6) is 0 Å². The summed E-state index contributed by atoms with van der Waals surface area (Å²) in [5, 5.41) is 0.722. The summed E-state index contributed by atoms with van der Waals surface area (Å²) in [5.74, 6) is 0. The predicted molar refractivity (Wildman–Crippen MR) is 84.9 cm³/mol. The maximum absolute atomic E-state index is 6.00. The highest BCUT2D eigenvalue weighted by atomic mass is 35.5. The van der Waals surface area contributed by atoms with E-state index in [4.69, 9.17) is 23.8 Å². The molecule has 0 saturated carbocycles. The average Bonchev–Trinajstić information content (AvgIpc) is 2.95. The van der Waals surface area contributed by atoms with Crippen molar-refractivity contribution >= 4 is 46.2 Å². The summed E-state index contributed by atoms with van der Waals surface area (Å²) in [7, 11) is 0. The first-order chi connectivity index (χ1) is 9.17. The molecule has 2 heterocycles. The largest absolute Gasteiger partial charge is 0.331 e. The number of H-pyrrole nitrogens is 1. The van der Waals surface area contributed by atoms with Gasteiger partial charge in [-0.05, 0) is 49.0 Å². The molecule has 0 aliphatic rings. The molecule has 5 heteroatoms. The lowest BCUT2D eigenvalue weighted by atomic mass is 10.3. The van der Waals surface area contributed by atoms with Crippen molar-refractivity contribution in [3.63, 3.8) is 0 Å². The third-order valence-corrected chi connectivity index (χ3v) is 4.89. The molecule has 1 aromatic carbocycles. The minimum atomic E-state index is 0.722. The van der Waals surface area contributed by atoms with Crippen molar-refractivity contribution in [3.8, 4) is 0 Å². The van der Waals surface area contributed by atoms with Gasteiger partial charge in [-0.25, -0.2) is 0 Å². The second-order valence-electron chi connectivity index (χ2n) is 4.40. The van der Waals surface area contributed by atoms with Crippen molar-refractivity contribution in [2.75, 3.05) is 0 Å². The number of benzene rings is 1. The van der Waals surface area contributed by atoms with Crippen LogP contribution >= 0.6 is 35.2 Å². The van der Waals surface area contributed by atoms with Crippen molar-refractivity contribution in [3.05, 3.63) is 49.9 Å². The Labute approximate surface area is 125 Å². The maximum atomic E-state index is 6.00. The molecular weight excluding hydrogens is 296 g/mol. The molecule has 0 amide bonds. The number of hydrogen-bond acceptors (Lipinski definition) is 2. The number of nitrogens with one attached hydrogen (secondary N) is 1. The maximum Gasteiger partial charge on any atom is 0.178 e. The number of halogens is 1. The van der Waals surface area contributed by atoms with E-state index < -0.39 is 0 Å². The van der Waals surface area contributed by atoms with E-state index in [2.05, 4.69) is 28.6 Å². The van der Waals surface area contributed by atoms with E-state index in [1.165, 1.54) is 9.75 Å². The van der Waals surface area contributed by atoms with Crippen LogP contribution in [-0.4, -0.2) is 9.55 Å². The second kappa shape index (κ2) is 5.12. The molecule has 0 radical (unpaired) electrons. The minimum absolute atomic E-state index is 0.722. The molecule has 0 fully saturated rings. The Morgan fingerprint density at radius 2 is 2.05 bits per heavy atom. The molecule has 0 bridgehead atoms. The van der Waals surface area contributed by atoms with Crippen molar-refractivity contribution in [1.29, 1.82) is 0 Å². The number of rotatable bonds is 3. The van der Waals surface area contributed by atoms with E-state index >= 15 is 0 Å². The summed E-state index contributed by atoms with van der Waals surface area (Å²) in [6.07, 6.45) is 1.08. The predicted octanol–water partition coefficient (Wildman–Crippen LogP) is 5.02. The third-order valence-electron chi connectivity index (χ3n) is 3.12. The average molecular weight is 309 g/mol. The standard InChI is InChI=1S/C14H13ClN2S2/c1-2-10-4-5-11(19-10)8-17-13-6-3-9(15)7-12(13)16-14(17)18/h3-7H,2,8H2,1H3,(H,16,18). The van der Waals surface area contributed by atoms with Crippen LogP contribution in [0.25, 0.3) is 11.0 Å². The van der Waals surface area contributed by atoms with E-state index in [0.29, 0.717) is 0 Å². The fourth-order valence-electron chi connectivity index (χ4n) is 2.15. The van der Waals surface area contributed by atoms with E-state index in [0.717, 1.165) is 33.8 Å². The van der Waals surface area contributed by atoms with Crippen LogP contribution in [0.1, 0.15) is 16.7 Å². The first-order valence-electron chi connectivity index (χ1n) is 6.13. The van der Waals surface area contributed by atoms with Gasteiger partial charge < -0.3 is 9.55 Å². The molecule has 0 atom stereocenters. The number of aromatic nitrogens is 2. The van der Waals surface area contributed by atoms with E-state index in [1.807, 2.05) is 29.5 Å². The van der Waals surface area contributed by atoms with Gasteiger partial charge in [0.25, 0.3) is 0 Å². The topological polar surface area (TPSA) is 20.7 Å². The zero-order valence-corrected chi connectivity index (χ0v) is 12.8. The minimum Gasteiger partial charge on any atom is -0.331 e. The summed E-state index contributed by atoms with van der Waals surface area (Å²) in [5.41, 5.74) is 2.09. The Balaban J connectivity index is 2.05. The Kier molecular flexibility index (Phi) is 3.48. The summed E-state index contributed by atoms with van der Waals surface area (Å²) >= 11 is 13.2. The second-order valence-corrected chi connectivity index (χ2v) is 6.48. The number of nitrogens with zero attached hydrogens (tertiary/aromatic N) is 1. The molecule has 3 rings (SSSR count). The molecule has 0 unspecified atom stereocenters. The zero-order valence-electron chi connectivity index (χ0n) is 10.4. The van der Waals surface area contributed by atoms with Crippen LogP contribution < -0.4 is 0 Å². The lowest BCUT2D eigenvalue weighted by molar-refractivity contribution is 0.823. The first kappa shape index (κ1) is 12.9. The summed E-state index contributed by atoms with van der Waals surface area (Å²) in [6, 6.07) is 10.2. The Hall–Kier alpha value is -1.10. The molecule has 19 heavy (non-hydrogen) atoms. The van der Waals surface area contributed by atoms with Crippen molar-refractivity contribution in [2.45, 2.75) is 19.9 Å². The van der Waals surface area contributed by atoms with Gasteiger partial charge in [0.15, 0.2) is 4.77 Å². The van der Waals surface area contributed by atoms with Crippen molar-refractivity contribution in [1.82, 2.24) is 9.55 Å². The monoisotopic (exact) mass is 308 g/mol. The molecule has 0 aliphatic carbocycles. The van der Waals surface area contributed by atoms with Gasteiger partial charge in [0.05, 0.1) is 17.6 Å². The molecule has 0 aliphatic heterocycles. The molecule has 3 aromatic rings. The van der Waals surface area contributed by atoms with Crippen LogP contribution in [0.2, 0.25) is 5.02 Å². The fourth-order valence-corrected chi connectivity index (χ4v) is 3.54. The van der Waals surface area contributed by atoms with E-state index in [9.17, 15) is 0 Å². The van der Waals surface area contributed by atoms with Gasteiger partial charge in [0.1, 0.15) is 0 Å². The normalized spacial score (nSPS) is 11.3. The fraction of sp³-hybridized carbons (Fsp3) is 0.214. The SMILES string of the molecule is CCc1ccc(Cn2c(=S)[nH]c3cc(Cl)ccc32)s1. The lowest BCUT2D eigenvalue weighted by Gasteiger charge is -2.02. The smallest absolute Gasteiger partial charge is 0.178 e. The number of imidazole rings is 1. The van der Waals surface area contributed by atoms with Crippen LogP contribution in [0.3, 0.4) is 0 Å². The Morgan fingerprint density at radius 3 is 2.79 bits per heavy atom. The van der Waals surface area contributed by atoms with Gasteiger partial charge in [-0.3, -0.25) is 0 Å². The van der Waals surface area contributed by atoms with Crippen LogP contribution in [-0.2, 0) is 13.0 Å². The van der Waals surface area contributed by atoms with Gasteiger partial charge >= 0.3 is 0 Å². The highest BCUT2D eigenvalue weighted by molar-refractivity contribution is 7.71. The molecule has 0 saturated heterocycles. The molecule has 2 nitrogen and oxygen atoms in total. The van der Waals surface area contributed by atoms with Gasteiger partial charge in [-0.2, -0.15) is 0 Å². The van der Waals surface area contributed by atoms with Crippen LogP contribution in [0, 0.1) is 4.77 Å². The summed E-state index contributed by atoms with van der Waals surface area (Å²) < 4.78 is 2.86. The quantitative estimate of drug-likeness (QED) is 0.673. The first-order valence-corrected chi connectivity index (χ1v) is 7.73. The third kappa shape index (κ3) is 2.48. The lowest BCUT2D eigenvalue weighted by Crippen LogP contribution is -1.97. The van der Waals surface area contributed by atoms with E-state index in [1.54, 1.807) is 0 Å². The van der Waals surface area contributed by atoms with Crippen LogP contribution in [0.15, 0.2) is 30.3 Å². The number of fused-ring (bicyclic) bond motifs is 1. The number of hydrogen-bond donors (Lipinski definition) is 1. The molecule has 98 valence electrons. The van der Waals surface area contributed by atoms with Gasteiger partial charge in [0, 0.05) is 14.8 Å². The molecular formula is C14H13ClN2S2. The number of aromatic amines is 1.